The van der Waals surface area contributed by atoms with Crippen LogP contribution in [-0.2, 0) is 0 Å². The zero-order valence-electron chi connectivity index (χ0n) is 8.44. The normalized spacial score (nSPS) is 11.9. The Morgan fingerprint density at radius 1 is 1.50 bits per heavy atom. The number of aliphatic hydroxyl groups is 1. The maximum absolute atomic E-state index is 9.22. The summed E-state index contributed by atoms with van der Waals surface area (Å²) < 4.78 is 0. The molecule has 1 atom stereocenters. The molecule has 0 aliphatic carbocycles. The van der Waals surface area contributed by atoms with Crippen molar-refractivity contribution in [3.05, 3.63) is 29.8 Å². The van der Waals surface area contributed by atoms with Crippen molar-refractivity contribution in [2.45, 2.75) is 13.0 Å². The van der Waals surface area contributed by atoms with Crippen LogP contribution in [-0.4, -0.2) is 24.8 Å². The number of para-hydroxylation sites is 1. The van der Waals surface area contributed by atoms with E-state index in [1.165, 1.54) is 0 Å². The fraction of sp³-hybridized carbons (Fsp3) is 0.364. The molecule has 0 amide bonds. The van der Waals surface area contributed by atoms with E-state index in [1.807, 2.05) is 30.1 Å². The van der Waals surface area contributed by atoms with Crippen LogP contribution in [0.1, 0.15) is 12.5 Å². The SMILES string of the molecule is C[C@@H](O)CN(C)c1ccccc1C#N. The summed E-state index contributed by atoms with van der Waals surface area (Å²) in [7, 11) is 1.86. The van der Waals surface area contributed by atoms with Crippen LogP contribution in [0.4, 0.5) is 5.69 Å². The average molecular weight is 190 g/mol. The van der Waals surface area contributed by atoms with Gasteiger partial charge < -0.3 is 10.0 Å². The lowest BCUT2D eigenvalue weighted by molar-refractivity contribution is 0.201. The first kappa shape index (κ1) is 10.6. The van der Waals surface area contributed by atoms with Crippen LogP contribution in [0.25, 0.3) is 0 Å². The molecule has 3 heteroatoms. The zero-order valence-corrected chi connectivity index (χ0v) is 8.44. The van der Waals surface area contributed by atoms with Gasteiger partial charge in [-0.05, 0) is 19.1 Å². The van der Waals surface area contributed by atoms with Crippen LogP contribution in [0.3, 0.4) is 0 Å². The van der Waals surface area contributed by atoms with E-state index in [9.17, 15) is 5.11 Å². The Bertz CT molecular complexity index is 341. The van der Waals surface area contributed by atoms with E-state index in [-0.39, 0.29) is 0 Å². The van der Waals surface area contributed by atoms with E-state index in [1.54, 1.807) is 13.0 Å². The van der Waals surface area contributed by atoms with Gasteiger partial charge in [0.2, 0.25) is 0 Å². The van der Waals surface area contributed by atoms with E-state index < -0.39 is 6.10 Å². The summed E-state index contributed by atoms with van der Waals surface area (Å²) in [5, 5.41) is 18.1. The monoisotopic (exact) mass is 190 g/mol. The molecule has 0 spiro atoms. The zero-order chi connectivity index (χ0) is 10.6. The van der Waals surface area contributed by atoms with Crippen molar-refractivity contribution in [1.29, 1.82) is 5.26 Å². The van der Waals surface area contributed by atoms with Gasteiger partial charge in [0.1, 0.15) is 6.07 Å². The molecule has 0 saturated heterocycles. The fourth-order valence-corrected chi connectivity index (χ4v) is 1.40. The van der Waals surface area contributed by atoms with Crippen LogP contribution < -0.4 is 4.90 Å². The Morgan fingerprint density at radius 2 is 2.14 bits per heavy atom. The first-order valence-electron chi connectivity index (χ1n) is 4.53. The molecule has 0 saturated carbocycles. The van der Waals surface area contributed by atoms with E-state index in [4.69, 9.17) is 5.26 Å². The Kier molecular flexibility index (Phi) is 3.49. The number of rotatable bonds is 3. The fourth-order valence-electron chi connectivity index (χ4n) is 1.40. The van der Waals surface area contributed by atoms with Crippen molar-refractivity contribution in [3.8, 4) is 6.07 Å². The Balaban J connectivity index is 2.89. The number of aliphatic hydroxyl groups excluding tert-OH is 1. The molecule has 0 fully saturated rings. The number of nitrogens with zero attached hydrogens (tertiary/aromatic N) is 2. The maximum Gasteiger partial charge on any atom is 0.101 e. The molecule has 0 bridgehead atoms. The number of anilines is 1. The number of benzene rings is 1. The van der Waals surface area contributed by atoms with E-state index in [2.05, 4.69) is 6.07 Å². The van der Waals surface area contributed by atoms with E-state index in [0.717, 1.165) is 5.69 Å². The summed E-state index contributed by atoms with van der Waals surface area (Å²) >= 11 is 0. The molecule has 1 rings (SSSR count). The summed E-state index contributed by atoms with van der Waals surface area (Å²) in [4.78, 5) is 1.88. The van der Waals surface area contributed by atoms with Crippen LogP contribution in [0.2, 0.25) is 0 Å². The second-order valence-corrected chi connectivity index (χ2v) is 3.36. The molecule has 1 N–H and O–H groups in total. The summed E-state index contributed by atoms with van der Waals surface area (Å²) in [5.74, 6) is 0. The van der Waals surface area contributed by atoms with Crippen molar-refractivity contribution in [2.75, 3.05) is 18.5 Å². The van der Waals surface area contributed by atoms with Crippen molar-refractivity contribution < 1.29 is 5.11 Å². The molecule has 1 aromatic carbocycles. The smallest absolute Gasteiger partial charge is 0.101 e. The second-order valence-electron chi connectivity index (χ2n) is 3.36. The third-order valence-electron chi connectivity index (χ3n) is 1.97. The molecular formula is C11H14N2O. The lowest BCUT2D eigenvalue weighted by atomic mass is 10.2. The minimum atomic E-state index is -0.397. The van der Waals surface area contributed by atoms with Crippen molar-refractivity contribution >= 4 is 5.69 Å². The third-order valence-corrected chi connectivity index (χ3v) is 1.97. The molecule has 0 aliphatic heterocycles. The quantitative estimate of drug-likeness (QED) is 0.783. The molecule has 1 aromatic rings. The highest BCUT2D eigenvalue weighted by molar-refractivity contribution is 5.58. The van der Waals surface area contributed by atoms with Crippen molar-refractivity contribution in [1.82, 2.24) is 0 Å². The van der Waals surface area contributed by atoms with Gasteiger partial charge in [-0.25, -0.2) is 0 Å². The third kappa shape index (κ3) is 2.48. The second kappa shape index (κ2) is 4.64. The Hall–Kier alpha value is -1.53. The van der Waals surface area contributed by atoms with Gasteiger partial charge >= 0.3 is 0 Å². The molecule has 3 nitrogen and oxygen atoms in total. The number of hydrogen-bond donors (Lipinski definition) is 1. The molecule has 0 aliphatic rings. The average Bonchev–Trinajstić information content (AvgIpc) is 2.16. The standard InChI is InChI=1S/C11H14N2O/c1-9(14)8-13(2)11-6-4-3-5-10(11)7-12/h3-6,9,14H,8H2,1-2H3/t9-/m1/s1. The number of hydrogen-bond acceptors (Lipinski definition) is 3. The lowest BCUT2D eigenvalue weighted by Crippen LogP contribution is -2.27. The van der Waals surface area contributed by atoms with E-state index >= 15 is 0 Å². The van der Waals surface area contributed by atoms with Gasteiger partial charge in [0.15, 0.2) is 0 Å². The summed E-state index contributed by atoms with van der Waals surface area (Å²) in [5.41, 5.74) is 1.49. The van der Waals surface area contributed by atoms with Gasteiger partial charge in [0.05, 0.1) is 17.4 Å². The molecule has 0 radical (unpaired) electrons. The van der Waals surface area contributed by atoms with Crippen molar-refractivity contribution in [3.63, 3.8) is 0 Å². The predicted octanol–water partition coefficient (Wildman–Crippen LogP) is 1.38. The van der Waals surface area contributed by atoms with Crippen LogP contribution in [0.15, 0.2) is 24.3 Å². The minimum absolute atomic E-state index is 0.397. The van der Waals surface area contributed by atoms with E-state index in [0.29, 0.717) is 12.1 Å². The largest absolute Gasteiger partial charge is 0.392 e. The number of nitriles is 1. The van der Waals surface area contributed by atoms with Gasteiger partial charge in [-0.2, -0.15) is 5.26 Å². The summed E-state index contributed by atoms with van der Waals surface area (Å²) in [6, 6.07) is 9.49. The molecule has 0 unspecified atom stereocenters. The maximum atomic E-state index is 9.22. The van der Waals surface area contributed by atoms with Crippen molar-refractivity contribution in [2.24, 2.45) is 0 Å². The Labute approximate surface area is 84.2 Å². The topological polar surface area (TPSA) is 47.3 Å². The Morgan fingerprint density at radius 3 is 2.71 bits per heavy atom. The molecule has 0 heterocycles. The van der Waals surface area contributed by atoms with Crippen LogP contribution in [0, 0.1) is 11.3 Å². The van der Waals surface area contributed by atoms with Gasteiger partial charge in [0.25, 0.3) is 0 Å². The molecule has 14 heavy (non-hydrogen) atoms. The first-order valence-corrected chi connectivity index (χ1v) is 4.53. The molecule has 74 valence electrons. The van der Waals surface area contributed by atoms with Gasteiger partial charge in [0, 0.05) is 13.6 Å². The minimum Gasteiger partial charge on any atom is -0.392 e. The molecule has 0 aromatic heterocycles. The highest BCUT2D eigenvalue weighted by Gasteiger charge is 2.07. The van der Waals surface area contributed by atoms with Gasteiger partial charge in [-0.3, -0.25) is 0 Å². The predicted molar refractivity (Wildman–Crippen MR) is 56.1 cm³/mol. The lowest BCUT2D eigenvalue weighted by Gasteiger charge is -2.21. The first-order chi connectivity index (χ1) is 6.65. The van der Waals surface area contributed by atoms with Gasteiger partial charge in [-0.15, -0.1) is 0 Å². The highest BCUT2D eigenvalue weighted by Crippen LogP contribution is 2.17. The number of likely N-dealkylation sites (N-methyl/N-ethyl adjacent to an activating group) is 1. The molecular weight excluding hydrogens is 176 g/mol. The highest BCUT2D eigenvalue weighted by atomic mass is 16.3. The summed E-state index contributed by atoms with van der Waals surface area (Å²) in [6.07, 6.45) is -0.397. The van der Waals surface area contributed by atoms with Gasteiger partial charge in [-0.1, -0.05) is 12.1 Å². The van der Waals surface area contributed by atoms with Crippen LogP contribution in [0.5, 0.6) is 0 Å². The van der Waals surface area contributed by atoms with Crippen LogP contribution >= 0.6 is 0 Å². The summed E-state index contributed by atoms with van der Waals surface area (Å²) in [6.45, 7) is 2.25.